The normalized spacial score (nSPS) is 10.4. The zero-order chi connectivity index (χ0) is 12.3. The first-order valence-corrected chi connectivity index (χ1v) is 6.84. The fourth-order valence-corrected chi connectivity index (χ4v) is 2.93. The molecule has 7 heteroatoms. The second kappa shape index (κ2) is 5.48. The number of halogens is 1. The van der Waals surface area contributed by atoms with Crippen molar-refractivity contribution in [2.45, 2.75) is 4.34 Å². The van der Waals surface area contributed by atoms with Crippen LogP contribution in [0, 0.1) is 0 Å². The smallest absolute Gasteiger partial charge is 0.203 e. The van der Waals surface area contributed by atoms with Crippen molar-refractivity contribution in [3.05, 3.63) is 34.9 Å². The van der Waals surface area contributed by atoms with E-state index in [0.717, 1.165) is 0 Å². The number of thioether (sulfide) groups is 1. The van der Waals surface area contributed by atoms with Gasteiger partial charge in [-0.1, -0.05) is 46.8 Å². The molecule has 0 unspecified atom stereocenters. The summed E-state index contributed by atoms with van der Waals surface area (Å²) in [6.07, 6.45) is 0. The summed E-state index contributed by atoms with van der Waals surface area (Å²) in [6.45, 7) is 0. The lowest BCUT2D eigenvalue weighted by atomic mass is 10.1. The summed E-state index contributed by atoms with van der Waals surface area (Å²) in [6, 6.07) is 6.98. The summed E-state index contributed by atoms with van der Waals surface area (Å²) in [4.78, 5) is 11.9. The third kappa shape index (κ3) is 3.18. The lowest BCUT2D eigenvalue weighted by Gasteiger charge is -2.01. The van der Waals surface area contributed by atoms with E-state index in [4.69, 9.17) is 17.3 Å². The molecule has 17 heavy (non-hydrogen) atoms. The topological polar surface area (TPSA) is 68.9 Å². The maximum atomic E-state index is 11.9. The number of carbonyl (C=O) groups is 1. The highest BCUT2D eigenvalue weighted by molar-refractivity contribution is 8.01. The molecule has 0 atom stereocenters. The van der Waals surface area contributed by atoms with Crippen LogP contribution in [0.1, 0.15) is 10.4 Å². The average Bonchev–Trinajstić information content (AvgIpc) is 2.73. The van der Waals surface area contributed by atoms with Crippen molar-refractivity contribution >= 4 is 45.6 Å². The van der Waals surface area contributed by atoms with Gasteiger partial charge in [0, 0.05) is 5.56 Å². The van der Waals surface area contributed by atoms with Crippen LogP contribution in [0.5, 0.6) is 0 Å². The Morgan fingerprint density at radius 2 is 2.18 bits per heavy atom. The van der Waals surface area contributed by atoms with Gasteiger partial charge in [0.15, 0.2) is 10.1 Å². The Balaban J connectivity index is 2.01. The van der Waals surface area contributed by atoms with Gasteiger partial charge in [0.1, 0.15) is 0 Å². The Hall–Kier alpha value is -1.11. The minimum atomic E-state index is -0.0330. The number of rotatable bonds is 4. The molecule has 0 aliphatic heterocycles. The molecule has 0 aliphatic rings. The molecule has 0 radical (unpaired) electrons. The molecule has 1 heterocycles. The summed E-state index contributed by atoms with van der Waals surface area (Å²) in [5, 5.41) is 8.37. The summed E-state index contributed by atoms with van der Waals surface area (Å²) in [5.41, 5.74) is 5.97. The first kappa shape index (κ1) is 12.3. The fourth-order valence-electron chi connectivity index (χ4n) is 1.17. The second-order valence-corrected chi connectivity index (χ2v) is 5.74. The molecule has 0 amide bonds. The Morgan fingerprint density at radius 3 is 2.82 bits per heavy atom. The molecule has 0 spiro atoms. The van der Waals surface area contributed by atoms with E-state index in [-0.39, 0.29) is 11.5 Å². The number of nitrogen functional groups attached to an aromatic ring is 1. The van der Waals surface area contributed by atoms with Gasteiger partial charge in [-0.2, -0.15) is 0 Å². The van der Waals surface area contributed by atoms with E-state index < -0.39 is 0 Å². The van der Waals surface area contributed by atoms with Crippen LogP contribution in [-0.2, 0) is 0 Å². The molecule has 0 aliphatic carbocycles. The predicted octanol–water partition coefficient (Wildman–Crippen LogP) is 2.75. The van der Waals surface area contributed by atoms with Gasteiger partial charge in [0.2, 0.25) is 5.13 Å². The van der Waals surface area contributed by atoms with E-state index >= 15 is 0 Å². The Labute approximate surface area is 111 Å². The standard InChI is InChI=1S/C10H8ClN3OS2/c11-7-4-2-1-3-6(7)8(15)5-16-10-14-13-9(12)17-10/h1-4H,5H2,(H2,12,13). The molecule has 2 aromatic rings. The highest BCUT2D eigenvalue weighted by atomic mass is 35.5. The molecule has 4 nitrogen and oxygen atoms in total. The lowest BCUT2D eigenvalue weighted by molar-refractivity contribution is 0.102. The predicted molar refractivity (Wildman–Crippen MR) is 70.8 cm³/mol. The van der Waals surface area contributed by atoms with Crippen molar-refractivity contribution in [3.63, 3.8) is 0 Å². The summed E-state index contributed by atoms with van der Waals surface area (Å²) in [7, 11) is 0. The quantitative estimate of drug-likeness (QED) is 0.691. The number of hydrogen-bond donors (Lipinski definition) is 1. The molecular weight excluding hydrogens is 278 g/mol. The van der Waals surface area contributed by atoms with Crippen LogP contribution in [0.25, 0.3) is 0 Å². The number of nitrogens with two attached hydrogens (primary N) is 1. The number of ketones is 1. The number of anilines is 1. The maximum absolute atomic E-state index is 11.9. The van der Waals surface area contributed by atoms with Crippen molar-refractivity contribution in [1.82, 2.24) is 10.2 Å². The lowest BCUT2D eigenvalue weighted by Crippen LogP contribution is -2.02. The molecule has 0 saturated heterocycles. The summed E-state index contributed by atoms with van der Waals surface area (Å²) in [5.74, 6) is 0.243. The molecule has 1 aromatic carbocycles. The average molecular weight is 286 g/mol. The van der Waals surface area contributed by atoms with E-state index in [9.17, 15) is 4.79 Å². The van der Waals surface area contributed by atoms with Gasteiger partial charge in [-0.05, 0) is 12.1 Å². The van der Waals surface area contributed by atoms with Gasteiger partial charge in [0.25, 0.3) is 0 Å². The summed E-state index contributed by atoms with van der Waals surface area (Å²) >= 11 is 8.50. The van der Waals surface area contributed by atoms with Crippen molar-refractivity contribution in [1.29, 1.82) is 0 Å². The fraction of sp³-hybridized carbons (Fsp3) is 0.100. The molecule has 0 fully saturated rings. The third-order valence-corrected chi connectivity index (χ3v) is 4.14. The van der Waals surface area contributed by atoms with Crippen LogP contribution in [0.3, 0.4) is 0 Å². The second-order valence-electron chi connectivity index (χ2n) is 3.10. The molecule has 88 valence electrons. The molecular formula is C10H8ClN3OS2. The Bertz CT molecular complexity index is 544. The van der Waals surface area contributed by atoms with E-state index in [0.29, 0.717) is 20.1 Å². The van der Waals surface area contributed by atoms with Crippen LogP contribution < -0.4 is 5.73 Å². The molecule has 0 bridgehead atoms. The highest BCUT2D eigenvalue weighted by Crippen LogP contribution is 2.25. The first-order valence-electron chi connectivity index (χ1n) is 4.66. The Kier molecular flexibility index (Phi) is 3.98. The molecule has 1 aromatic heterocycles. The van der Waals surface area contributed by atoms with E-state index in [1.807, 2.05) is 0 Å². The molecule has 2 N–H and O–H groups in total. The minimum absolute atomic E-state index is 0.0330. The van der Waals surface area contributed by atoms with Crippen LogP contribution in [-0.4, -0.2) is 21.7 Å². The van der Waals surface area contributed by atoms with Gasteiger partial charge in [-0.15, -0.1) is 10.2 Å². The molecule has 0 saturated carbocycles. The van der Waals surface area contributed by atoms with Crippen molar-refractivity contribution in [2.24, 2.45) is 0 Å². The highest BCUT2D eigenvalue weighted by Gasteiger charge is 2.11. The van der Waals surface area contributed by atoms with Crippen LogP contribution in [0.15, 0.2) is 28.6 Å². The van der Waals surface area contributed by atoms with E-state index in [1.54, 1.807) is 24.3 Å². The largest absolute Gasteiger partial charge is 0.374 e. The monoisotopic (exact) mass is 285 g/mol. The molecule has 2 rings (SSSR count). The van der Waals surface area contributed by atoms with Crippen LogP contribution >= 0.6 is 34.7 Å². The van der Waals surface area contributed by atoms with Crippen molar-refractivity contribution in [3.8, 4) is 0 Å². The van der Waals surface area contributed by atoms with Gasteiger partial charge < -0.3 is 5.73 Å². The van der Waals surface area contributed by atoms with E-state index in [2.05, 4.69) is 10.2 Å². The zero-order valence-corrected chi connectivity index (χ0v) is 11.0. The van der Waals surface area contributed by atoms with Crippen molar-refractivity contribution < 1.29 is 4.79 Å². The van der Waals surface area contributed by atoms with E-state index in [1.165, 1.54) is 23.1 Å². The number of Topliss-reactive ketones (excluding diaryl/α,β-unsaturated/α-hetero) is 1. The first-order chi connectivity index (χ1) is 8.16. The zero-order valence-electron chi connectivity index (χ0n) is 8.59. The third-order valence-electron chi connectivity index (χ3n) is 1.92. The number of aromatic nitrogens is 2. The number of carbonyl (C=O) groups excluding carboxylic acids is 1. The van der Waals surface area contributed by atoms with Gasteiger partial charge in [-0.3, -0.25) is 4.79 Å². The van der Waals surface area contributed by atoms with Gasteiger partial charge in [0.05, 0.1) is 10.8 Å². The SMILES string of the molecule is Nc1nnc(SCC(=O)c2ccccc2Cl)s1. The van der Waals surface area contributed by atoms with Gasteiger partial charge in [-0.25, -0.2) is 0 Å². The summed E-state index contributed by atoms with van der Waals surface area (Å²) < 4.78 is 0.683. The van der Waals surface area contributed by atoms with Crippen LogP contribution in [0.2, 0.25) is 5.02 Å². The minimum Gasteiger partial charge on any atom is -0.374 e. The van der Waals surface area contributed by atoms with Gasteiger partial charge >= 0.3 is 0 Å². The maximum Gasteiger partial charge on any atom is 0.203 e. The van der Waals surface area contributed by atoms with Crippen molar-refractivity contribution in [2.75, 3.05) is 11.5 Å². The van der Waals surface area contributed by atoms with Crippen LogP contribution in [0.4, 0.5) is 5.13 Å². The Morgan fingerprint density at radius 1 is 1.41 bits per heavy atom. The number of nitrogens with zero attached hydrogens (tertiary/aromatic N) is 2. The number of hydrogen-bond acceptors (Lipinski definition) is 6. The number of benzene rings is 1.